The molecular formula is C16H17BrClNO2. The van der Waals surface area contributed by atoms with Gasteiger partial charge in [0.25, 0.3) is 5.91 Å². The first kappa shape index (κ1) is 16.1. The van der Waals surface area contributed by atoms with Gasteiger partial charge >= 0.3 is 0 Å². The number of amides is 1. The van der Waals surface area contributed by atoms with Gasteiger partial charge in [0.1, 0.15) is 11.5 Å². The van der Waals surface area contributed by atoms with Crippen LogP contribution in [0.5, 0.6) is 0 Å². The van der Waals surface area contributed by atoms with Gasteiger partial charge < -0.3 is 9.32 Å². The minimum atomic E-state index is -0.106. The van der Waals surface area contributed by atoms with E-state index in [1.807, 2.05) is 39.0 Å². The highest BCUT2D eigenvalue weighted by Crippen LogP contribution is 2.28. The van der Waals surface area contributed by atoms with Crippen LogP contribution < -0.4 is 0 Å². The molecule has 112 valence electrons. The van der Waals surface area contributed by atoms with Gasteiger partial charge in [-0.2, -0.15) is 0 Å². The lowest BCUT2D eigenvalue weighted by molar-refractivity contribution is 0.0675. The SMILES string of the molecule is Cc1ccc(CN(C(=O)c2cccc(Br)c2Cl)C(C)C)o1. The molecule has 1 aromatic carbocycles. The number of carbonyl (C=O) groups excluding carboxylic acids is 1. The molecule has 5 heteroatoms. The number of furan rings is 1. The number of halogens is 2. The molecule has 2 rings (SSSR count). The van der Waals surface area contributed by atoms with Crippen molar-refractivity contribution < 1.29 is 9.21 Å². The Morgan fingerprint density at radius 2 is 2.05 bits per heavy atom. The lowest BCUT2D eigenvalue weighted by atomic mass is 10.1. The van der Waals surface area contributed by atoms with Gasteiger partial charge in [-0.1, -0.05) is 17.7 Å². The molecule has 2 aromatic rings. The third-order valence-electron chi connectivity index (χ3n) is 3.19. The van der Waals surface area contributed by atoms with Crippen LogP contribution in [0.4, 0.5) is 0 Å². The monoisotopic (exact) mass is 369 g/mol. The molecule has 0 aliphatic carbocycles. The maximum Gasteiger partial charge on any atom is 0.256 e. The summed E-state index contributed by atoms with van der Waals surface area (Å²) < 4.78 is 6.28. The van der Waals surface area contributed by atoms with E-state index in [4.69, 9.17) is 16.0 Å². The van der Waals surface area contributed by atoms with E-state index in [1.165, 1.54) is 0 Å². The summed E-state index contributed by atoms with van der Waals surface area (Å²) in [5.41, 5.74) is 0.489. The van der Waals surface area contributed by atoms with Crippen molar-refractivity contribution in [3.05, 3.63) is 56.9 Å². The lowest BCUT2D eigenvalue weighted by Gasteiger charge is -2.26. The van der Waals surface area contributed by atoms with Crippen molar-refractivity contribution in [1.82, 2.24) is 4.90 Å². The third kappa shape index (κ3) is 3.69. The van der Waals surface area contributed by atoms with Gasteiger partial charge in [-0.25, -0.2) is 0 Å². The minimum Gasteiger partial charge on any atom is -0.464 e. The summed E-state index contributed by atoms with van der Waals surface area (Å²) in [5, 5.41) is 0.434. The largest absolute Gasteiger partial charge is 0.464 e. The van der Waals surface area contributed by atoms with Crippen LogP contribution in [0.25, 0.3) is 0 Å². The number of aryl methyl sites for hydroxylation is 1. The topological polar surface area (TPSA) is 33.5 Å². The van der Waals surface area contributed by atoms with Gasteiger partial charge in [0.05, 0.1) is 17.1 Å². The third-order valence-corrected chi connectivity index (χ3v) is 4.48. The molecule has 3 nitrogen and oxygen atoms in total. The van der Waals surface area contributed by atoms with Gasteiger partial charge in [0, 0.05) is 10.5 Å². The van der Waals surface area contributed by atoms with Crippen molar-refractivity contribution in [3.63, 3.8) is 0 Å². The first-order valence-electron chi connectivity index (χ1n) is 6.70. The summed E-state index contributed by atoms with van der Waals surface area (Å²) in [6.07, 6.45) is 0. The van der Waals surface area contributed by atoms with Crippen LogP contribution in [-0.4, -0.2) is 16.8 Å². The smallest absolute Gasteiger partial charge is 0.256 e. The van der Waals surface area contributed by atoms with Crippen LogP contribution in [-0.2, 0) is 6.54 Å². The minimum absolute atomic E-state index is 0.0398. The van der Waals surface area contributed by atoms with Crippen LogP contribution in [0.3, 0.4) is 0 Å². The number of carbonyl (C=O) groups is 1. The molecule has 1 amide bonds. The van der Waals surface area contributed by atoms with Crippen molar-refractivity contribution in [3.8, 4) is 0 Å². The van der Waals surface area contributed by atoms with Crippen molar-refractivity contribution in [2.24, 2.45) is 0 Å². The van der Waals surface area contributed by atoms with Crippen LogP contribution in [0.15, 0.2) is 39.2 Å². The van der Waals surface area contributed by atoms with Crippen molar-refractivity contribution >= 4 is 33.4 Å². The van der Waals surface area contributed by atoms with Crippen LogP contribution in [0.1, 0.15) is 35.7 Å². The Kier molecular flexibility index (Phi) is 5.12. The number of hydrogen-bond acceptors (Lipinski definition) is 2. The average molecular weight is 371 g/mol. The molecule has 0 saturated carbocycles. The molecule has 0 spiro atoms. The predicted octanol–water partition coefficient (Wildman–Crippen LogP) is 5.05. The zero-order valence-electron chi connectivity index (χ0n) is 12.2. The molecule has 21 heavy (non-hydrogen) atoms. The quantitative estimate of drug-likeness (QED) is 0.754. The van der Waals surface area contributed by atoms with E-state index < -0.39 is 0 Å². The number of nitrogens with zero attached hydrogens (tertiary/aromatic N) is 1. The van der Waals surface area contributed by atoms with Gasteiger partial charge in [-0.3, -0.25) is 4.79 Å². The number of benzene rings is 1. The van der Waals surface area contributed by atoms with E-state index >= 15 is 0 Å². The second-order valence-corrected chi connectivity index (χ2v) is 6.37. The van der Waals surface area contributed by atoms with Crippen LogP contribution in [0.2, 0.25) is 5.02 Å². The standard InChI is InChI=1S/C16H17BrClNO2/c1-10(2)19(9-12-8-7-11(3)21-12)16(20)13-5-4-6-14(17)15(13)18/h4-8,10H,9H2,1-3H3. The Morgan fingerprint density at radius 3 is 2.62 bits per heavy atom. The predicted molar refractivity (Wildman–Crippen MR) is 87.6 cm³/mol. The number of rotatable bonds is 4. The average Bonchev–Trinajstić information content (AvgIpc) is 2.84. The summed E-state index contributed by atoms with van der Waals surface area (Å²) in [7, 11) is 0. The highest BCUT2D eigenvalue weighted by atomic mass is 79.9. The van der Waals surface area contributed by atoms with Crippen molar-refractivity contribution in [1.29, 1.82) is 0 Å². The normalized spacial score (nSPS) is 11.0. The lowest BCUT2D eigenvalue weighted by Crippen LogP contribution is -2.36. The summed E-state index contributed by atoms with van der Waals surface area (Å²) in [5.74, 6) is 1.49. The number of hydrogen-bond donors (Lipinski definition) is 0. The van der Waals surface area contributed by atoms with E-state index in [0.29, 0.717) is 21.6 Å². The summed E-state index contributed by atoms with van der Waals surface area (Å²) in [4.78, 5) is 14.5. The Labute approximate surface area is 138 Å². The Bertz CT molecular complexity index is 651. The van der Waals surface area contributed by atoms with E-state index in [0.717, 1.165) is 11.5 Å². The van der Waals surface area contributed by atoms with Gasteiger partial charge in [-0.15, -0.1) is 0 Å². The maximum absolute atomic E-state index is 12.7. The van der Waals surface area contributed by atoms with Gasteiger partial charge in [0.2, 0.25) is 0 Å². The van der Waals surface area contributed by atoms with Gasteiger partial charge in [0.15, 0.2) is 0 Å². The van der Waals surface area contributed by atoms with Crippen LogP contribution >= 0.6 is 27.5 Å². The Balaban J connectivity index is 2.29. The molecule has 1 heterocycles. The molecule has 0 atom stereocenters. The van der Waals surface area contributed by atoms with Crippen molar-refractivity contribution in [2.45, 2.75) is 33.4 Å². The zero-order chi connectivity index (χ0) is 15.6. The highest BCUT2D eigenvalue weighted by Gasteiger charge is 2.23. The summed E-state index contributed by atoms with van der Waals surface area (Å²) >= 11 is 9.58. The highest BCUT2D eigenvalue weighted by molar-refractivity contribution is 9.10. The fraction of sp³-hybridized carbons (Fsp3) is 0.312. The molecule has 0 aliphatic rings. The Hall–Kier alpha value is -1.26. The second kappa shape index (κ2) is 6.67. The molecular weight excluding hydrogens is 354 g/mol. The second-order valence-electron chi connectivity index (χ2n) is 5.14. The van der Waals surface area contributed by atoms with E-state index in [-0.39, 0.29) is 11.9 Å². The van der Waals surface area contributed by atoms with Crippen LogP contribution in [0, 0.1) is 6.92 Å². The molecule has 0 bridgehead atoms. The molecule has 0 aliphatic heterocycles. The molecule has 0 saturated heterocycles. The Morgan fingerprint density at radius 1 is 1.33 bits per heavy atom. The first-order chi connectivity index (χ1) is 9.90. The summed E-state index contributed by atoms with van der Waals surface area (Å²) in [6.45, 7) is 6.25. The van der Waals surface area contributed by atoms with E-state index in [1.54, 1.807) is 17.0 Å². The molecule has 0 fully saturated rings. The fourth-order valence-corrected chi connectivity index (χ4v) is 2.62. The molecule has 0 N–H and O–H groups in total. The first-order valence-corrected chi connectivity index (χ1v) is 7.87. The molecule has 0 radical (unpaired) electrons. The van der Waals surface area contributed by atoms with E-state index in [9.17, 15) is 4.79 Å². The van der Waals surface area contributed by atoms with E-state index in [2.05, 4.69) is 15.9 Å². The molecule has 1 aromatic heterocycles. The maximum atomic E-state index is 12.7. The summed E-state index contributed by atoms with van der Waals surface area (Å²) in [6, 6.07) is 9.18. The fourth-order valence-electron chi connectivity index (χ4n) is 2.05. The van der Waals surface area contributed by atoms with Gasteiger partial charge in [-0.05, 0) is 61.0 Å². The molecule has 0 unspecified atom stereocenters. The zero-order valence-corrected chi connectivity index (χ0v) is 14.5. The van der Waals surface area contributed by atoms with Crippen molar-refractivity contribution in [2.75, 3.05) is 0 Å².